The van der Waals surface area contributed by atoms with Gasteiger partial charge in [-0.25, -0.2) is 4.79 Å². The van der Waals surface area contributed by atoms with Crippen molar-refractivity contribution in [1.29, 1.82) is 0 Å². The lowest BCUT2D eigenvalue weighted by atomic mass is 10.1. The molecule has 0 fully saturated rings. The number of carbonyl (C=O) groups excluding carboxylic acids is 1. The van der Waals surface area contributed by atoms with E-state index in [0.29, 0.717) is 24.1 Å². The predicted molar refractivity (Wildman–Crippen MR) is 75.0 cm³/mol. The number of para-hydroxylation sites is 1. The number of esters is 1. The van der Waals surface area contributed by atoms with Crippen molar-refractivity contribution in [3.8, 4) is 0 Å². The zero-order valence-corrected chi connectivity index (χ0v) is 11.6. The summed E-state index contributed by atoms with van der Waals surface area (Å²) in [6.45, 7) is 2.67. The lowest BCUT2D eigenvalue weighted by Crippen LogP contribution is -2.08. The van der Waals surface area contributed by atoms with Crippen molar-refractivity contribution in [2.45, 2.75) is 19.9 Å². The van der Waals surface area contributed by atoms with Crippen LogP contribution in [0.25, 0.3) is 0 Å². The standard InChI is InChI=1S/C14H15N3O4/c1-2-16-10-12(9-15-16)14(18)21-8-7-11-5-3-4-6-13(11)17(19)20/h3-6,9-10H,2,7-8H2,1H3. The van der Waals surface area contributed by atoms with E-state index in [1.165, 1.54) is 12.3 Å². The van der Waals surface area contributed by atoms with E-state index in [-0.39, 0.29) is 12.3 Å². The quantitative estimate of drug-likeness (QED) is 0.462. The minimum atomic E-state index is -0.478. The molecule has 0 spiro atoms. The number of benzene rings is 1. The SMILES string of the molecule is CCn1cc(C(=O)OCCc2ccccc2[N+](=O)[O-])cn1. The Hall–Kier alpha value is -2.70. The van der Waals surface area contributed by atoms with Gasteiger partial charge in [0.25, 0.3) is 5.69 Å². The second-order valence-corrected chi connectivity index (χ2v) is 4.36. The van der Waals surface area contributed by atoms with Crippen LogP contribution in [0.4, 0.5) is 5.69 Å². The molecule has 0 radical (unpaired) electrons. The minimum absolute atomic E-state index is 0.0346. The molecule has 0 saturated heterocycles. The Labute approximate surface area is 121 Å². The van der Waals surface area contributed by atoms with Crippen molar-refractivity contribution in [1.82, 2.24) is 9.78 Å². The monoisotopic (exact) mass is 289 g/mol. The molecule has 0 saturated carbocycles. The van der Waals surface area contributed by atoms with Crippen molar-refractivity contribution in [2.24, 2.45) is 0 Å². The second-order valence-electron chi connectivity index (χ2n) is 4.36. The normalized spacial score (nSPS) is 10.3. The van der Waals surface area contributed by atoms with E-state index >= 15 is 0 Å². The highest BCUT2D eigenvalue weighted by atomic mass is 16.6. The van der Waals surface area contributed by atoms with Gasteiger partial charge < -0.3 is 4.74 Å². The van der Waals surface area contributed by atoms with E-state index in [1.54, 1.807) is 29.1 Å². The minimum Gasteiger partial charge on any atom is -0.462 e. The molecular formula is C14H15N3O4. The molecule has 2 aromatic rings. The Morgan fingerprint density at radius 3 is 2.86 bits per heavy atom. The summed E-state index contributed by atoms with van der Waals surface area (Å²) in [5.41, 5.74) is 0.950. The molecule has 0 N–H and O–H groups in total. The summed E-state index contributed by atoms with van der Waals surface area (Å²) in [6.07, 6.45) is 3.34. The molecule has 1 heterocycles. The molecule has 7 heteroatoms. The number of aromatic nitrogens is 2. The van der Waals surface area contributed by atoms with Crippen molar-refractivity contribution in [3.05, 3.63) is 57.9 Å². The first kappa shape index (κ1) is 14.7. The van der Waals surface area contributed by atoms with Gasteiger partial charge in [-0.05, 0) is 6.92 Å². The number of nitrogens with zero attached hydrogens (tertiary/aromatic N) is 3. The maximum Gasteiger partial charge on any atom is 0.341 e. The third-order valence-electron chi connectivity index (χ3n) is 2.99. The number of hydrogen-bond donors (Lipinski definition) is 0. The maximum atomic E-state index is 11.8. The molecule has 0 amide bonds. The molecule has 1 aromatic heterocycles. The molecule has 0 unspecified atom stereocenters. The molecule has 2 rings (SSSR count). The number of aryl methyl sites for hydroxylation is 1. The summed E-state index contributed by atoms with van der Waals surface area (Å²) in [4.78, 5) is 22.2. The molecule has 7 nitrogen and oxygen atoms in total. The highest BCUT2D eigenvalue weighted by Crippen LogP contribution is 2.18. The first-order valence-electron chi connectivity index (χ1n) is 6.53. The number of ether oxygens (including phenoxy) is 1. The predicted octanol–water partition coefficient (Wildman–Crippen LogP) is 2.21. The van der Waals surface area contributed by atoms with E-state index < -0.39 is 10.9 Å². The summed E-state index contributed by atoms with van der Waals surface area (Å²) in [7, 11) is 0. The number of rotatable bonds is 6. The molecule has 21 heavy (non-hydrogen) atoms. The summed E-state index contributed by atoms with van der Waals surface area (Å²) < 4.78 is 6.73. The number of nitro groups is 1. The summed E-state index contributed by atoms with van der Waals surface area (Å²) in [5, 5.41) is 14.8. The lowest BCUT2D eigenvalue weighted by molar-refractivity contribution is -0.385. The number of hydrogen-bond acceptors (Lipinski definition) is 5. The summed E-state index contributed by atoms with van der Waals surface area (Å²) in [6, 6.07) is 6.41. The Bertz CT molecular complexity index is 651. The average Bonchev–Trinajstić information content (AvgIpc) is 2.96. The molecule has 0 aliphatic carbocycles. The Morgan fingerprint density at radius 1 is 1.43 bits per heavy atom. The van der Waals surface area contributed by atoms with E-state index in [1.807, 2.05) is 6.92 Å². The topological polar surface area (TPSA) is 87.3 Å². The third-order valence-corrected chi connectivity index (χ3v) is 2.99. The second kappa shape index (κ2) is 6.65. The van der Waals surface area contributed by atoms with Crippen LogP contribution in [0.15, 0.2) is 36.7 Å². The Kier molecular flexibility index (Phi) is 4.65. The number of carbonyl (C=O) groups is 1. The fourth-order valence-corrected chi connectivity index (χ4v) is 1.88. The van der Waals surface area contributed by atoms with Crippen LogP contribution in [0, 0.1) is 10.1 Å². The van der Waals surface area contributed by atoms with E-state index in [4.69, 9.17) is 4.74 Å². The summed E-state index contributed by atoms with van der Waals surface area (Å²) in [5.74, 6) is -0.478. The first-order valence-corrected chi connectivity index (χ1v) is 6.53. The smallest absolute Gasteiger partial charge is 0.341 e. The van der Waals surface area contributed by atoms with Gasteiger partial charge in [0.15, 0.2) is 0 Å². The van der Waals surface area contributed by atoms with E-state index in [0.717, 1.165) is 0 Å². The zero-order chi connectivity index (χ0) is 15.2. The van der Waals surface area contributed by atoms with Gasteiger partial charge in [0, 0.05) is 30.8 Å². The van der Waals surface area contributed by atoms with Gasteiger partial charge in [0.1, 0.15) is 0 Å². The summed E-state index contributed by atoms with van der Waals surface area (Å²) >= 11 is 0. The largest absolute Gasteiger partial charge is 0.462 e. The molecule has 0 aliphatic rings. The molecule has 110 valence electrons. The fourth-order valence-electron chi connectivity index (χ4n) is 1.88. The number of nitro benzene ring substituents is 1. The Morgan fingerprint density at radius 2 is 2.19 bits per heavy atom. The van der Waals surface area contributed by atoms with Crippen LogP contribution < -0.4 is 0 Å². The van der Waals surface area contributed by atoms with Crippen molar-refractivity contribution in [2.75, 3.05) is 6.61 Å². The van der Waals surface area contributed by atoms with Gasteiger partial charge >= 0.3 is 5.97 Å². The van der Waals surface area contributed by atoms with E-state index in [2.05, 4.69) is 5.10 Å². The van der Waals surface area contributed by atoms with Crippen LogP contribution in [0.2, 0.25) is 0 Å². The Balaban J connectivity index is 1.92. The van der Waals surface area contributed by atoms with Crippen molar-refractivity contribution < 1.29 is 14.5 Å². The molecular weight excluding hydrogens is 274 g/mol. The van der Waals surface area contributed by atoms with Gasteiger partial charge in [0.2, 0.25) is 0 Å². The van der Waals surface area contributed by atoms with Crippen LogP contribution in [0.1, 0.15) is 22.8 Å². The third kappa shape index (κ3) is 3.65. The first-order chi connectivity index (χ1) is 10.1. The van der Waals surface area contributed by atoms with E-state index in [9.17, 15) is 14.9 Å². The van der Waals surface area contributed by atoms with Gasteiger partial charge in [-0.1, -0.05) is 18.2 Å². The van der Waals surface area contributed by atoms with Gasteiger partial charge in [-0.15, -0.1) is 0 Å². The van der Waals surface area contributed by atoms with Crippen LogP contribution in [0.3, 0.4) is 0 Å². The van der Waals surface area contributed by atoms with Crippen molar-refractivity contribution >= 4 is 11.7 Å². The van der Waals surface area contributed by atoms with Gasteiger partial charge in [0.05, 0.1) is 23.3 Å². The average molecular weight is 289 g/mol. The molecule has 0 aliphatic heterocycles. The highest BCUT2D eigenvalue weighted by molar-refractivity contribution is 5.88. The van der Waals surface area contributed by atoms with Crippen LogP contribution >= 0.6 is 0 Å². The highest BCUT2D eigenvalue weighted by Gasteiger charge is 2.14. The zero-order valence-electron chi connectivity index (χ0n) is 11.6. The molecule has 0 atom stereocenters. The lowest BCUT2D eigenvalue weighted by Gasteiger charge is -2.04. The van der Waals surface area contributed by atoms with Crippen LogP contribution in [0.5, 0.6) is 0 Å². The van der Waals surface area contributed by atoms with Crippen molar-refractivity contribution in [3.63, 3.8) is 0 Å². The fraction of sp³-hybridized carbons (Fsp3) is 0.286. The van der Waals surface area contributed by atoms with Crippen LogP contribution in [-0.4, -0.2) is 27.3 Å². The van der Waals surface area contributed by atoms with Gasteiger partial charge in [-0.3, -0.25) is 14.8 Å². The van der Waals surface area contributed by atoms with Crippen LogP contribution in [-0.2, 0) is 17.7 Å². The molecule has 0 bridgehead atoms. The maximum absolute atomic E-state index is 11.8. The van der Waals surface area contributed by atoms with Gasteiger partial charge in [-0.2, -0.15) is 5.10 Å². The molecule has 1 aromatic carbocycles.